The lowest BCUT2D eigenvalue weighted by Crippen LogP contribution is -2.27. The third-order valence-corrected chi connectivity index (χ3v) is 3.58. The molecule has 0 aliphatic carbocycles. The Morgan fingerprint density at radius 2 is 2.06 bits per heavy atom. The van der Waals surface area contributed by atoms with Crippen LogP contribution in [0.25, 0.3) is 0 Å². The van der Waals surface area contributed by atoms with E-state index in [0.29, 0.717) is 12.0 Å². The van der Waals surface area contributed by atoms with E-state index in [9.17, 15) is 10.1 Å². The van der Waals surface area contributed by atoms with E-state index in [0.717, 1.165) is 10.0 Å². The second-order valence-corrected chi connectivity index (χ2v) is 4.68. The molecule has 0 aliphatic rings. The summed E-state index contributed by atoms with van der Waals surface area (Å²) >= 11 is 3.38. The number of nitro benzene ring substituents is 1. The highest BCUT2D eigenvalue weighted by atomic mass is 79.9. The van der Waals surface area contributed by atoms with E-state index in [-0.39, 0.29) is 10.6 Å². The molecule has 1 rings (SSSR count). The molecule has 0 fully saturated rings. The number of hydrogen-bond donors (Lipinski definition) is 1. The van der Waals surface area contributed by atoms with Gasteiger partial charge in [-0.25, -0.2) is 0 Å². The molecule has 1 aromatic rings. The maximum Gasteiger partial charge on any atom is 0.270 e. The molecule has 0 saturated heterocycles. The van der Waals surface area contributed by atoms with Crippen LogP contribution in [-0.2, 0) is 0 Å². The highest BCUT2D eigenvalue weighted by Crippen LogP contribution is 2.30. The van der Waals surface area contributed by atoms with Crippen LogP contribution in [0, 0.1) is 10.1 Å². The molecule has 5 heteroatoms. The summed E-state index contributed by atoms with van der Waals surface area (Å²) in [6.45, 7) is 4.17. The molecule has 88 valence electrons. The van der Waals surface area contributed by atoms with E-state index < -0.39 is 0 Å². The Balaban J connectivity index is 3.03. The van der Waals surface area contributed by atoms with Gasteiger partial charge in [-0.1, -0.05) is 28.9 Å². The van der Waals surface area contributed by atoms with Crippen LogP contribution in [0.15, 0.2) is 22.7 Å². The molecule has 16 heavy (non-hydrogen) atoms. The van der Waals surface area contributed by atoms with Gasteiger partial charge in [0.1, 0.15) is 0 Å². The number of rotatable bonds is 4. The number of benzene rings is 1. The van der Waals surface area contributed by atoms with Crippen molar-refractivity contribution >= 4 is 21.6 Å². The van der Waals surface area contributed by atoms with Crippen LogP contribution in [-0.4, -0.2) is 18.0 Å². The van der Waals surface area contributed by atoms with Crippen molar-refractivity contribution in [3.05, 3.63) is 38.3 Å². The minimum atomic E-state index is -0.388. The average Bonchev–Trinajstić information content (AvgIpc) is 2.26. The van der Waals surface area contributed by atoms with Gasteiger partial charge in [-0.3, -0.25) is 10.1 Å². The van der Waals surface area contributed by atoms with Crippen molar-refractivity contribution in [2.24, 2.45) is 0 Å². The van der Waals surface area contributed by atoms with E-state index in [4.69, 9.17) is 0 Å². The van der Waals surface area contributed by atoms with Crippen LogP contribution < -0.4 is 5.32 Å². The van der Waals surface area contributed by atoms with Crippen molar-refractivity contribution in [2.75, 3.05) is 7.05 Å². The molecule has 0 spiro atoms. The second kappa shape index (κ2) is 5.41. The molecule has 1 aromatic carbocycles. The summed E-state index contributed by atoms with van der Waals surface area (Å²) in [7, 11) is 1.90. The molecule has 0 radical (unpaired) electrons. The molecule has 0 heterocycles. The summed E-state index contributed by atoms with van der Waals surface area (Å²) in [4.78, 5) is 10.2. The van der Waals surface area contributed by atoms with Crippen LogP contribution in [0.2, 0.25) is 0 Å². The van der Waals surface area contributed by atoms with Gasteiger partial charge in [0.15, 0.2) is 0 Å². The number of halogens is 1. The first-order valence-electron chi connectivity index (χ1n) is 5.08. The van der Waals surface area contributed by atoms with Crippen molar-refractivity contribution in [3.8, 4) is 0 Å². The van der Waals surface area contributed by atoms with Gasteiger partial charge in [-0.05, 0) is 25.5 Å². The zero-order chi connectivity index (χ0) is 12.3. The molecule has 0 amide bonds. The molecule has 0 bridgehead atoms. The third-order valence-electron chi connectivity index (χ3n) is 2.89. The van der Waals surface area contributed by atoms with Crippen LogP contribution in [0.3, 0.4) is 0 Å². The van der Waals surface area contributed by atoms with Gasteiger partial charge in [0, 0.05) is 22.6 Å². The minimum Gasteiger partial charge on any atom is -0.317 e. The van der Waals surface area contributed by atoms with Gasteiger partial charge < -0.3 is 5.32 Å². The fourth-order valence-electron chi connectivity index (χ4n) is 1.52. The van der Waals surface area contributed by atoms with E-state index >= 15 is 0 Å². The third kappa shape index (κ3) is 2.80. The van der Waals surface area contributed by atoms with E-state index in [1.54, 1.807) is 18.2 Å². The summed E-state index contributed by atoms with van der Waals surface area (Å²) in [5.41, 5.74) is 1.19. The molecule has 4 nitrogen and oxygen atoms in total. The van der Waals surface area contributed by atoms with Gasteiger partial charge in [0.2, 0.25) is 0 Å². The number of non-ortho nitro benzene ring substituents is 1. The fraction of sp³-hybridized carbons (Fsp3) is 0.455. The van der Waals surface area contributed by atoms with Gasteiger partial charge in [-0.2, -0.15) is 0 Å². The van der Waals surface area contributed by atoms with Crippen LogP contribution in [0.4, 0.5) is 5.69 Å². The van der Waals surface area contributed by atoms with Gasteiger partial charge in [0.25, 0.3) is 5.69 Å². The molecule has 0 aliphatic heterocycles. The molecule has 2 unspecified atom stereocenters. The number of hydrogen-bond acceptors (Lipinski definition) is 3. The van der Waals surface area contributed by atoms with Crippen LogP contribution in [0.5, 0.6) is 0 Å². The lowest BCUT2D eigenvalue weighted by Gasteiger charge is -2.20. The molecule has 1 N–H and O–H groups in total. The smallest absolute Gasteiger partial charge is 0.270 e. The summed E-state index contributed by atoms with van der Waals surface area (Å²) in [6, 6.07) is 5.21. The maximum atomic E-state index is 10.6. The second-order valence-electron chi connectivity index (χ2n) is 3.83. The van der Waals surface area contributed by atoms with Crippen molar-refractivity contribution in [2.45, 2.75) is 25.8 Å². The first-order valence-corrected chi connectivity index (χ1v) is 5.87. The normalized spacial score (nSPS) is 14.5. The van der Waals surface area contributed by atoms with Crippen molar-refractivity contribution in [1.29, 1.82) is 0 Å². The van der Waals surface area contributed by atoms with Crippen molar-refractivity contribution < 1.29 is 4.92 Å². The topological polar surface area (TPSA) is 55.2 Å². The Labute approximate surface area is 103 Å². The largest absolute Gasteiger partial charge is 0.317 e. The van der Waals surface area contributed by atoms with Crippen molar-refractivity contribution in [1.82, 2.24) is 5.32 Å². The number of nitro groups is 1. The van der Waals surface area contributed by atoms with E-state index in [2.05, 4.69) is 35.1 Å². The highest BCUT2D eigenvalue weighted by molar-refractivity contribution is 9.10. The fourth-order valence-corrected chi connectivity index (χ4v) is 2.25. The lowest BCUT2D eigenvalue weighted by molar-refractivity contribution is -0.384. The van der Waals surface area contributed by atoms with E-state index in [1.165, 1.54) is 0 Å². The Hall–Kier alpha value is -0.940. The zero-order valence-corrected chi connectivity index (χ0v) is 11.1. The summed E-state index contributed by atoms with van der Waals surface area (Å²) in [5, 5.41) is 13.8. The molecular weight excluding hydrogens is 272 g/mol. The predicted molar refractivity (Wildman–Crippen MR) is 67.7 cm³/mol. The first kappa shape index (κ1) is 13.1. The number of nitrogens with one attached hydrogen (secondary N) is 1. The number of likely N-dealkylation sites (N-methyl/N-ethyl adjacent to an activating group) is 1. The molecule has 2 atom stereocenters. The summed E-state index contributed by atoms with van der Waals surface area (Å²) in [6.07, 6.45) is 0. The molecular formula is C11H15BrN2O2. The monoisotopic (exact) mass is 286 g/mol. The SMILES string of the molecule is CNC(C)C(C)c1ccc([N+](=O)[O-])cc1Br. The lowest BCUT2D eigenvalue weighted by atomic mass is 9.94. The highest BCUT2D eigenvalue weighted by Gasteiger charge is 2.17. The molecule has 0 saturated carbocycles. The van der Waals surface area contributed by atoms with Gasteiger partial charge in [0.05, 0.1) is 4.92 Å². The van der Waals surface area contributed by atoms with Gasteiger partial charge in [-0.15, -0.1) is 0 Å². The standard InChI is InChI=1S/C11H15BrN2O2/c1-7(8(2)13-3)10-5-4-9(14(15)16)6-11(10)12/h4-8,13H,1-3H3. The average molecular weight is 287 g/mol. The summed E-state index contributed by atoms with van der Waals surface area (Å²) < 4.78 is 0.788. The zero-order valence-electron chi connectivity index (χ0n) is 9.53. The Kier molecular flexibility index (Phi) is 4.44. The maximum absolute atomic E-state index is 10.6. The quantitative estimate of drug-likeness (QED) is 0.684. The number of nitrogens with zero attached hydrogens (tertiary/aromatic N) is 1. The van der Waals surface area contributed by atoms with Crippen molar-refractivity contribution in [3.63, 3.8) is 0 Å². The first-order chi connectivity index (χ1) is 7.47. The predicted octanol–water partition coefficient (Wildman–Crippen LogP) is 3.07. The Bertz CT molecular complexity index is 396. The van der Waals surface area contributed by atoms with Crippen LogP contribution >= 0.6 is 15.9 Å². The molecule has 0 aromatic heterocycles. The van der Waals surface area contributed by atoms with E-state index in [1.807, 2.05) is 7.05 Å². The van der Waals surface area contributed by atoms with Gasteiger partial charge >= 0.3 is 0 Å². The Morgan fingerprint density at radius 1 is 1.44 bits per heavy atom. The minimum absolute atomic E-state index is 0.111. The van der Waals surface area contributed by atoms with Crippen LogP contribution in [0.1, 0.15) is 25.3 Å². The summed E-state index contributed by atoms with van der Waals surface area (Å²) in [5.74, 6) is 0.292. The Morgan fingerprint density at radius 3 is 2.50 bits per heavy atom.